The zero-order chi connectivity index (χ0) is 20.0. The van der Waals surface area contributed by atoms with E-state index in [0.29, 0.717) is 11.7 Å². The summed E-state index contributed by atoms with van der Waals surface area (Å²) in [4.78, 5) is 12.5. The molecule has 0 aliphatic heterocycles. The topological polar surface area (TPSA) is 50.1 Å². The van der Waals surface area contributed by atoms with Gasteiger partial charge in [-0.3, -0.25) is 4.79 Å². The highest BCUT2D eigenvalue weighted by atomic mass is 16.5. The van der Waals surface area contributed by atoms with E-state index in [-0.39, 0.29) is 11.9 Å². The van der Waals surface area contributed by atoms with Crippen LogP contribution in [0.25, 0.3) is 0 Å². The summed E-state index contributed by atoms with van der Waals surface area (Å²) in [6, 6.07) is 10.1. The highest BCUT2D eigenvalue weighted by Gasteiger charge is 2.27. The van der Waals surface area contributed by atoms with Gasteiger partial charge >= 0.3 is 5.97 Å². The Labute approximate surface area is 170 Å². The van der Waals surface area contributed by atoms with E-state index in [4.69, 9.17) is 10.00 Å². The zero-order valence-electron chi connectivity index (χ0n) is 17.4. The number of hydrogen-bond acceptors (Lipinski definition) is 3. The van der Waals surface area contributed by atoms with Crippen LogP contribution in [-0.2, 0) is 11.2 Å². The van der Waals surface area contributed by atoms with E-state index in [1.165, 1.54) is 37.7 Å². The van der Waals surface area contributed by atoms with Crippen molar-refractivity contribution in [3.05, 3.63) is 42.0 Å². The number of ether oxygens (including phenoxy) is 1. The zero-order valence-corrected chi connectivity index (χ0v) is 17.4. The lowest BCUT2D eigenvalue weighted by Gasteiger charge is -2.26. The summed E-state index contributed by atoms with van der Waals surface area (Å²) in [5, 5.41) is 8.51. The SMILES string of the molecule is CCCCCCCc1ccc(OC(=O)C2CCC(CC/C=C/C#N)CC2)cc1. The minimum atomic E-state index is -0.0739. The lowest BCUT2D eigenvalue weighted by atomic mass is 9.80. The molecule has 1 aromatic rings. The first-order chi connectivity index (χ1) is 13.7. The number of rotatable bonds is 11. The van der Waals surface area contributed by atoms with Crippen molar-refractivity contribution in [3.8, 4) is 11.8 Å². The highest BCUT2D eigenvalue weighted by molar-refractivity contribution is 5.75. The van der Waals surface area contributed by atoms with Gasteiger partial charge in [-0.05, 0) is 75.0 Å². The molecule has 0 spiro atoms. The van der Waals surface area contributed by atoms with Crippen LogP contribution in [0.15, 0.2) is 36.4 Å². The molecule has 3 nitrogen and oxygen atoms in total. The van der Waals surface area contributed by atoms with Gasteiger partial charge in [0, 0.05) is 6.08 Å². The van der Waals surface area contributed by atoms with E-state index < -0.39 is 0 Å². The molecule has 1 aromatic carbocycles. The van der Waals surface area contributed by atoms with Gasteiger partial charge in [-0.1, -0.05) is 50.8 Å². The Hall–Kier alpha value is -2.08. The number of carbonyl (C=O) groups is 1. The van der Waals surface area contributed by atoms with Crippen molar-refractivity contribution in [1.29, 1.82) is 5.26 Å². The molecule has 1 aliphatic carbocycles. The Morgan fingerprint density at radius 1 is 1.11 bits per heavy atom. The summed E-state index contributed by atoms with van der Waals surface area (Å²) >= 11 is 0. The molecule has 152 valence electrons. The molecule has 0 amide bonds. The van der Waals surface area contributed by atoms with Gasteiger partial charge in [-0.15, -0.1) is 0 Å². The molecule has 0 bridgehead atoms. The predicted molar refractivity (Wildman–Crippen MR) is 114 cm³/mol. The molecule has 0 heterocycles. The molecule has 2 rings (SSSR count). The number of nitrogens with zero attached hydrogens (tertiary/aromatic N) is 1. The third-order valence-electron chi connectivity index (χ3n) is 5.82. The number of nitriles is 1. The molecule has 0 radical (unpaired) electrons. The molecular formula is C25H35NO2. The number of aryl methyl sites for hydroxylation is 1. The van der Waals surface area contributed by atoms with Gasteiger partial charge in [0.1, 0.15) is 5.75 Å². The fourth-order valence-corrected chi connectivity index (χ4v) is 4.01. The molecule has 1 saturated carbocycles. The number of esters is 1. The average molecular weight is 382 g/mol. The van der Waals surface area contributed by atoms with E-state index in [9.17, 15) is 4.79 Å². The summed E-state index contributed by atoms with van der Waals surface area (Å²) < 4.78 is 5.63. The van der Waals surface area contributed by atoms with Crippen LogP contribution < -0.4 is 4.74 Å². The van der Waals surface area contributed by atoms with Gasteiger partial charge in [0.2, 0.25) is 0 Å². The monoisotopic (exact) mass is 381 g/mol. The summed E-state index contributed by atoms with van der Waals surface area (Å²) in [5.41, 5.74) is 1.32. The van der Waals surface area contributed by atoms with Crippen LogP contribution in [-0.4, -0.2) is 5.97 Å². The van der Waals surface area contributed by atoms with Crippen LogP contribution in [0.5, 0.6) is 5.75 Å². The van der Waals surface area contributed by atoms with E-state index in [0.717, 1.165) is 44.9 Å². The van der Waals surface area contributed by atoms with Crippen LogP contribution in [0.2, 0.25) is 0 Å². The average Bonchev–Trinajstić information content (AvgIpc) is 2.73. The lowest BCUT2D eigenvalue weighted by Crippen LogP contribution is -2.25. The molecule has 28 heavy (non-hydrogen) atoms. The maximum absolute atomic E-state index is 12.5. The smallest absolute Gasteiger partial charge is 0.314 e. The van der Waals surface area contributed by atoms with Gasteiger partial charge in [0.25, 0.3) is 0 Å². The van der Waals surface area contributed by atoms with Crippen LogP contribution in [0.1, 0.15) is 83.1 Å². The van der Waals surface area contributed by atoms with Crippen molar-refractivity contribution in [1.82, 2.24) is 0 Å². The number of allylic oxidation sites excluding steroid dienone is 2. The lowest BCUT2D eigenvalue weighted by molar-refractivity contribution is -0.140. The third kappa shape index (κ3) is 8.30. The normalized spacial score (nSPS) is 19.4. The van der Waals surface area contributed by atoms with E-state index >= 15 is 0 Å². The Morgan fingerprint density at radius 2 is 1.82 bits per heavy atom. The van der Waals surface area contributed by atoms with Crippen molar-refractivity contribution in [2.24, 2.45) is 11.8 Å². The van der Waals surface area contributed by atoms with Gasteiger partial charge in [0.05, 0.1) is 12.0 Å². The van der Waals surface area contributed by atoms with E-state index in [1.54, 1.807) is 6.08 Å². The second-order valence-corrected chi connectivity index (χ2v) is 8.06. The second kappa shape index (κ2) is 13.2. The van der Waals surface area contributed by atoms with Crippen LogP contribution in [0.4, 0.5) is 0 Å². The number of unbranched alkanes of at least 4 members (excludes halogenated alkanes) is 4. The van der Waals surface area contributed by atoms with Gasteiger partial charge in [-0.2, -0.15) is 5.26 Å². The Kier molecular flexibility index (Phi) is 10.4. The Balaban J connectivity index is 1.67. The summed E-state index contributed by atoms with van der Waals surface area (Å²) in [6.07, 6.45) is 17.1. The quantitative estimate of drug-likeness (QED) is 0.184. The predicted octanol–water partition coefficient (Wildman–Crippen LogP) is 6.77. The summed E-state index contributed by atoms with van der Waals surface area (Å²) in [7, 11) is 0. The molecule has 0 N–H and O–H groups in total. The summed E-state index contributed by atoms with van der Waals surface area (Å²) in [5.74, 6) is 1.30. The van der Waals surface area contributed by atoms with Crippen molar-refractivity contribution in [3.63, 3.8) is 0 Å². The Morgan fingerprint density at radius 3 is 2.50 bits per heavy atom. The minimum absolute atomic E-state index is 0.0316. The van der Waals surface area contributed by atoms with Crippen LogP contribution >= 0.6 is 0 Å². The largest absolute Gasteiger partial charge is 0.426 e. The van der Waals surface area contributed by atoms with E-state index in [2.05, 4.69) is 19.1 Å². The maximum atomic E-state index is 12.5. The molecular weight excluding hydrogens is 346 g/mol. The van der Waals surface area contributed by atoms with Crippen LogP contribution in [0, 0.1) is 23.2 Å². The van der Waals surface area contributed by atoms with E-state index in [1.807, 2.05) is 24.3 Å². The van der Waals surface area contributed by atoms with Crippen molar-refractivity contribution >= 4 is 5.97 Å². The first-order valence-electron chi connectivity index (χ1n) is 11.1. The first-order valence-corrected chi connectivity index (χ1v) is 11.1. The van der Waals surface area contributed by atoms with Crippen molar-refractivity contribution < 1.29 is 9.53 Å². The van der Waals surface area contributed by atoms with Gasteiger partial charge in [0.15, 0.2) is 0 Å². The number of carbonyl (C=O) groups excluding carboxylic acids is 1. The molecule has 0 atom stereocenters. The highest BCUT2D eigenvalue weighted by Crippen LogP contribution is 2.32. The summed E-state index contributed by atoms with van der Waals surface area (Å²) in [6.45, 7) is 2.24. The molecule has 1 aliphatic rings. The molecule has 0 saturated heterocycles. The molecule has 1 fully saturated rings. The van der Waals surface area contributed by atoms with Gasteiger partial charge in [-0.25, -0.2) is 0 Å². The van der Waals surface area contributed by atoms with Gasteiger partial charge < -0.3 is 4.74 Å². The maximum Gasteiger partial charge on any atom is 0.314 e. The first kappa shape index (κ1) is 22.2. The minimum Gasteiger partial charge on any atom is -0.426 e. The van der Waals surface area contributed by atoms with Crippen molar-refractivity contribution in [2.45, 2.75) is 84.0 Å². The fourth-order valence-electron chi connectivity index (χ4n) is 4.01. The number of benzene rings is 1. The number of hydrogen-bond donors (Lipinski definition) is 0. The van der Waals surface area contributed by atoms with Crippen LogP contribution in [0.3, 0.4) is 0 Å². The molecule has 0 aromatic heterocycles. The molecule has 0 unspecified atom stereocenters. The fraction of sp³-hybridized carbons (Fsp3) is 0.600. The van der Waals surface area contributed by atoms with Crippen molar-refractivity contribution in [2.75, 3.05) is 0 Å². The standard InChI is InChI=1S/C25H35NO2/c1-2-3-4-5-7-10-22-14-18-24(19-15-22)28-25(27)23-16-12-21(13-17-23)11-8-6-9-20-26/h6,9,14-15,18-19,21,23H,2-5,7-8,10-13,16-17H2,1H3/b9-6+. The third-order valence-corrected chi connectivity index (χ3v) is 5.82. The molecule has 3 heteroatoms. The second-order valence-electron chi connectivity index (χ2n) is 8.06. The Bertz CT molecular complexity index is 634.